The Balaban J connectivity index is 1.72. The molecule has 1 aromatic heterocycles. The second kappa shape index (κ2) is 5.33. The normalized spacial score (nSPS) is 13.8. The van der Waals surface area contributed by atoms with Gasteiger partial charge in [-0.05, 0) is 36.1 Å². The van der Waals surface area contributed by atoms with Crippen molar-refractivity contribution in [2.45, 2.75) is 18.9 Å². The number of nitrogens with one attached hydrogen (secondary N) is 1. The molecule has 1 aromatic carbocycles. The summed E-state index contributed by atoms with van der Waals surface area (Å²) in [4.78, 5) is 15.5. The van der Waals surface area contributed by atoms with Crippen molar-refractivity contribution in [3.8, 4) is 0 Å². The Morgan fingerprint density at radius 1 is 1.25 bits per heavy atom. The molecule has 1 aliphatic carbocycles. The first-order valence-corrected chi connectivity index (χ1v) is 6.64. The molecule has 0 unspecified atom stereocenters. The lowest BCUT2D eigenvalue weighted by Crippen LogP contribution is -2.19. The highest BCUT2D eigenvalue weighted by atomic mass is 16.5. The van der Waals surface area contributed by atoms with Crippen LogP contribution in [0.2, 0.25) is 0 Å². The molecule has 0 fully saturated rings. The number of esters is 1. The largest absolute Gasteiger partial charge is 0.464 e. The maximum absolute atomic E-state index is 11.5. The van der Waals surface area contributed by atoms with Crippen molar-refractivity contribution in [3.05, 3.63) is 59.4 Å². The first-order chi connectivity index (χ1) is 9.76. The smallest absolute Gasteiger partial charge is 0.356 e. The summed E-state index contributed by atoms with van der Waals surface area (Å²) in [6.07, 6.45) is 3.63. The summed E-state index contributed by atoms with van der Waals surface area (Å²) in [5.41, 5.74) is 4.02. The topological polar surface area (TPSA) is 51.2 Å². The van der Waals surface area contributed by atoms with E-state index in [1.165, 1.54) is 18.2 Å². The highest BCUT2D eigenvalue weighted by molar-refractivity contribution is 5.88. The zero-order valence-corrected chi connectivity index (χ0v) is 11.3. The van der Waals surface area contributed by atoms with Gasteiger partial charge in [-0.2, -0.15) is 0 Å². The minimum atomic E-state index is -0.414. The fraction of sp³-hybridized carbons (Fsp3) is 0.250. The van der Waals surface area contributed by atoms with Gasteiger partial charge < -0.3 is 10.1 Å². The van der Waals surface area contributed by atoms with Crippen LogP contribution in [0.15, 0.2) is 42.6 Å². The molecule has 1 aliphatic rings. The Bertz CT molecular complexity index is 615. The van der Waals surface area contributed by atoms with Crippen LogP contribution in [-0.4, -0.2) is 24.1 Å². The summed E-state index contributed by atoms with van der Waals surface area (Å²) in [5.74, 6) is -0.414. The molecular formula is C16H16N2O2. The molecular weight excluding hydrogens is 252 g/mol. The summed E-state index contributed by atoms with van der Waals surface area (Å²) in [6, 6.07) is 12.4. The first-order valence-electron chi connectivity index (χ1n) is 6.64. The molecule has 0 saturated carbocycles. The minimum Gasteiger partial charge on any atom is -0.464 e. The number of aromatic nitrogens is 1. The van der Waals surface area contributed by atoms with Gasteiger partial charge in [0, 0.05) is 17.9 Å². The molecule has 102 valence electrons. The lowest BCUT2D eigenvalue weighted by molar-refractivity contribution is 0.0594. The van der Waals surface area contributed by atoms with Crippen molar-refractivity contribution in [1.82, 2.24) is 4.98 Å². The maximum Gasteiger partial charge on any atom is 0.356 e. The van der Waals surface area contributed by atoms with Crippen molar-refractivity contribution in [2.24, 2.45) is 0 Å². The van der Waals surface area contributed by atoms with E-state index in [2.05, 4.69) is 39.3 Å². The number of hydrogen-bond donors (Lipinski definition) is 1. The molecule has 20 heavy (non-hydrogen) atoms. The van der Waals surface area contributed by atoms with Crippen LogP contribution in [0.1, 0.15) is 21.6 Å². The summed E-state index contributed by atoms with van der Waals surface area (Å²) in [7, 11) is 1.36. The van der Waals surface area contributed by atoms with Crippen molar-refractivity contribution in [2.75, 3.05) is 12.4 Å². The molecule has 0 radical (unpaired) electrons. The van der Waals surface area contributed by atoms with Gasteiger partial charge in [0.2, 0.25) is 0 Å². The molecule has 1 N–H and O–H groups in total. The highest BCUT2D eigenvalue weighted by Gasteiger charge is 2.20. The molecule has 3 rings (SSSR count). The van der Waals surface area contributed by atoms with Crippen molar-refractivity contribution >= 4 is 11.7 Å². The van der Waals surface area contributed by atoms with Crippen LogP contribution in [-0.2, 0) is 17.6 Å². The lowest BCUT2D eigenvalue weighted by atomic mass is 10.1. The number of nitrogens with zero attached hydrogens (tertiary/aromatic N) is 1. The fourth-order valence-corrected chi connectivity index (χ4v) is 2.63. The van der Waals surface area contributed by atoms with Crippen LogP contribution in [0.3, 0.4) is 0 Å². The average molecular weight is 268 g/mol. The number of pyridine rings is 1. The van der Waals surface area contributed by atoms with Gasteiger partial charge in [0.05, 0.1) is 7.11 Å². The van der Waals surface area contributed by atoms with Crippen molar-refractivity contribution < 1.29 is 9.53 Å². The van der Waals surface area contributed by atoms with Gasteiger partial charge in [-0.1, -0.05) is 24.3 Å². The number of hydrogen-bond acceptors (Lipinski definition) is 4. The number of anilines is 1. The Kier molecular flexibility index (Phi) is 3.37. The molecule has 2 aromatic rings. The van der Waals surface area contributed by atoms with Crippen LogP contribution >= 0.6 is 0 Å². The van der Waals surface area contributed by atoms with Gasteiger partial charge in [0.25, 0.3) is 0 Å². The summed E-state index contributed by atoms with van der Waals surface area (Å²) >= 11 is 0. The number of fused-ring (bicyclic) bond motifs is 1. The SMILES string of the molecule is COC(=O)c1cc(NC2Cc3ccccc3C2)ccn1. The molecule has 1 heterocycles. The summed E-state index contributed by atoms with van der Waals surface area (Å²) in [6.45, 7) is 0. The third-order valence-corrected chi connectivity index (χ3v) is 3.58. The predicted molar refractivity (Wildman–Crippen MR) is 76.8 cm³/mol. The number of rotatable bonds is 3. The average Bonchev–Trinajstić information content (AvgIpc) is 2.88. The molecule has 4 heteroatoms. The molecule has 0 saturated heterocycles. The van der Waals surface area contributed by atoms with E-state index in [1.54, 1.807) is 12.3 Å². The second-order valence-corrected chi connectivity index (χ2v) is 4.94. The minimum absolute atomic E-state index is 0.327. The maximum atomic E-state index is 11.5. The van der Waals surface area contributed by atoms with E-state index in [0.717, 1.165) is 18.5 Å². The molecule has 4 nitrogen and oxygen atoms in total. The monoisotopic (exact) mass is 268 g/mol. The summed E-state index contributed by atoms with van der Waals surface area (Å²) < 4.78 is 4.68. The second-order valence-electron chi connectivity index (χ2n) is 4.94. The Hall–Kier alpha value is -2.36. The molecule has 0 bridgehead atoms. The fourth-order valence-electron chi connectivity index (χ4n) is 2.63. The lowest BCUT2D eigenvalue weighted by Gasteiger charge is -2.13. The number of ether oxygens (including phenoxy) is 1. The van der Waals surface area contributed by atoms with Gasteiger partial charge >= 0.3 is 5.97 Å². The Labute approximate surface area is 117 Å². The van der Waals surface area contributed by atoms with Crippen LogP contribution in [0.5, 0.6) is 0 Å². The van der Waals surface area contributed by atoms with E-state index in [9.17, 15) is 4.79 Å². The Morgan fingerprint density at radius 3 is 2.60 bits per heavy atom. The number of benzene rings is 1. The molecule has 0 atom stereocenters. The van der Waals surface area contributed by atoms with E-state index in [0.29, 0.717) is 11.7 Å². The van der Waals surface area contributed by atoms with Gasteiger partial charge in [-0.3, -0.25) is 0 Å². The van der Waals surface area contributed by atoms with Crippen LogP contribution in [0.25, 0.3) is 0 Å². The zero-order valence-electron chi connectivity index (χ0n) is 11.3. The third-order valence-electron chi connectivity index (χ3n) is 3.58. The standard InChI is InChI=1S/C16H16N2O2/c1-20-16(19)15-10-13(6-7-17-15)18-14-8-11-4-2-3-5-12(11)9-14/h2-7,10,14H,8-9H2,1H3,(H,17,18). The van der Waals surface area contributed by atoms with E-state index in [1.807, 2.05) is 6.07 Å². The number of carbonyl (C=O) groups is 1. The molecule has 0 spiro atoms. The summed E-state index contributed by atoms with van der Waals surface area (Å²) in [5, 5.41) is 3.46. The van der Waals surface area contributed by atoms with Gasteiger partial charge in [-0.25, -0.2) is 9.78 Å². The zero-order chi connectivity index (χ0) is 13.9. The third kappa shape index (κ3) is 2.50. The van der Waals surface area contributed by atoms with E-state index in [4.69, 9.17) is 0 Å². The molecule has 0 amide bonds. The highest BCUT2D eigenvalue weighted by Crippen LogP contribution is 2.24. The van der Waals surface area contributed by atoms with Crippen molar-refractivity contribution in [1.29, 1.82) is 0 Å². The Morgan fingerprint density at radius 2 is 1.95 bits per heavy atom. The first kappa shape index (κ1) is 12.7. The van der Waals surface area contributed by atoms with E-state index < -0.39 is 5.97 Å². The van der Waals surface area contributed by atoms with Crippen molar-refractivity contribution in [3.63, 3.8) is 0 Å². The van der Waals surface area contributed by atoms with Crippen LogP contribution < -0.4 is 5.32 Å². The van der Waals surface area contributed by atoms with Crippen LogP contribution in [0, 0.1) is 0 Å². The predicted octanol–water partition coefficient (Wildman–Crippen LogP) is 2.45. The van der Waals surface area contributed by atoms with E-state index >= 15 is 0 Å². The van der Waals surface area contributed by atoms with Crippen LogP contribution in [0.4, 0.5) is 5.69 Å². The number of methoxy groups -OCH3 is 1. The quantitative estimate of drug-likeness (QED) is 0.869. The van der Waals surface area contributed by atoms with Gasteiger partial charge in [0.15, 0.2) is 0 Å². The van der Waals surface area contributed by atoms with E-state index in [-0.39, 0.29) is 0 Å². The van der Waals surface area contributed by atoms with Gasteiger partial charge in [-0.15, -0.1) is 0 Å². The number of carbonyl (C=O) groups excluding carboxylic acids is 1. The van der Waals surface area contributed by atoms with Gasteiger partial charge in [0.1, 0.15) is 5.69 Å². The molecule has 0 aliphatic heterocycles.